The Morgan fingerprint density at radius 1 is 1.21 bits per heavy atom. The number of ether oxygens (including phenoxy) is 1. The van der Waals surface area contributed by atoms with E-state index in [1.807, 2.05) is 6.92 Å². The Labute approximate surface area is 110 Å². The van der Waals surface area contributed by atoms with Gasteiger partial charge in [0, 0.05) is 18.0 Å². The van der Waals surface area contributed by atoms with E-state index < -0.39 is 5.91 Å². The van der Waals surface area contributed by atoms with Gasteiger partial charge in [-0.3, -0.25) is 14.2 Å². The highest BCUT2D eigenvalue weighted by Crippen LogP contribution is 2.14. The highest BCUT2D eigenvalue weighted by Gasteiger charge is 2.05. The fraction of sp³-hybridized carbons (Fsp3) is 0.143. The molecule has 2 rings (SSSR count). The Balaban J connectivity index is 2.43. The summed E-state index contributed by atoms with van der Waals surface area (Å²) < 4.78 is 6.70. The molecule has 0 saturated heterocycles. The van der Waals surface area contributed by atoms with Crippen molar-refractivity contribution in [1.29, 1.82) is 0 Å². The van der Waals surface area contributed by atoms with Gasteiger partial charge < -0.3 is 10.5 Å². The summed E-state index contributed by atoms with van der Waals surface area (Å²) in [6.07, 6.45) is 1.43. The third-order valence-electron chi connectivity index (χ3n) is 2.62. The molecule has 0 spiro atoms. The molecular weight excluding hydrogens is 244 g/mol. The number of nitrogens with two attached hydrogens (primary N) is 1. The summed E-state index contributed by atoms with van der Waals surface area (Å²) >= 11 is 0. The lowest BCUT2D eigenvalue weighted by Crippen LogP contribution is -2.20. The van der Waals surface area contributed by atoms with E-state index in [9.17, 15) is 9.59 Å². The number of pyridine rings is 1. The van der Waals surface area contributed by atoms with Crippen LogP contribution in [0.5, 0.6) is 5.75 Å². The van der Waals surface area contributed by atoms with Crippen molar-refractivity contribution in [3.63, 3.8) is 0 Å². The van der Waals surface area contributed by atoms with Crippen molar-refractivity contribution in [2.45, 2.75) is 6.92 Å². The van der Waals surface area contributed by atoms with Crippen LogP contribution >= 0.6 is 0 Å². The molecular formula is C14H14N2O3. The molecule has 1 heterocycles. The highest BCUT2D eigenvalue weighted by molar-refractivity contribution is 5.92. The molecule has 1 aromatic carbocycles. The van der Waals surface area contributed by atoms with Crippen molar-refractivity contribution >= 4 is 5.91 Å². The first-order valence-electron chi connectivity index (χ1n) is 5.87. The van der Waals surface area contributed by atoms with Crippen LogP contribution in [0.25, 0.3) is 5.69 Å². The number of hydrogen-bond donors (Lipinski definition) is 1. The molecule has 0 saturated carbocycles. The van der Waals surface area contributed by atoms with E-state index in [0.717, 1.165) is 5.75 Å². The second-order valence-electron chi connectivity index (χ2n) is 3.92. The molecule has 5 heteroatoms. The maximum absolute atomic E-state index is 11.8. The molecule has 0 fully saturated rings. The van der Waals surface area contributed by atoms with Gasteiger partial charge in [-0.05, 0) is 37.3 Å². The predicted octanol–water partition coefficient (Wildman–Crippen LogP) is 1.34. The van der Waals surface area contributed by atoms with E-state index in [1.165, 1.54) is 22.9 Å². The summed E-state index contributed by atoms with van der Waals surface area (Å²) in [5, 5.41) is 0. The van der Waals surface area contributed by atoms with Gasteiger partial charge in [0.2, 0.25) is 5.91 Å². The fourth-order valence-corrected chi connectivity index (χ4v) is 1.70. The van der Waals surface area contributed by atoms with Gasteiger partial charge in [0.1, 0.15) is 5.75 Å². The van der Waals surface area contributed by atoms with Crippen molar-refractivity contribution in [2.75, 3.05) is 6.61 Å². The van der Waals surface area contributed by atoms with E-state index in [1.54, 1.807) is 24.3 Å². The van der Waals surface area contributed by atoms with Crippen LogP contribution in [0.4, 0.5) is 0 Å². The number of amides is 1. The topological polar surface area (TPSA) is 74.3 Å². The number of rotatable bonds is 4. The first-order valence-corrected chi connectivity index (χ1v) is 5.87. The van der Waals surface area contributed by atoms with Crippen molar-refractivity contribution in [1.82, 2.24) is 4.57 Å². The molecule has 98 valence electrons. The van der Waals surface area contributed by atoms with Gasteiger partial charge in [0.15, 0.2) is 0 Å². The zero-order valence-corrected chi connectivity index (χ0v) is 10.5. The lowest BCUT2D eigenvalue weighted by atomic mass is 10.2. The molecule has 1 amide bonds. The molecule has 0 atom stereocenters. The van der Waals surface area contributed by atoms with Crippen molar-refractivity contribution < 1.29 is 9.53 Å². The molecule has 0 unspecified atom stereocenters. The highest BCUT2D eigenvalue weighted by atomic mass is 16.5. The van der Waals surface area contributed by atoms with Crippen molar-refractivity contribution in [2.24, 2.45) is 5.73 Å². The summed E-state index contributed by atoms with van der Waals surface area (Å²) in [5.74, 6) is 0.157. The van der Waals surface area contributed by atoms with Gasteiger partial charge in [-0.15, -0.1) is 0 Å². The fourth-order valence-electron chi connectivity index (χ4n) is 1.70. The van der Waals surface area contributed by atoms with Crippen molar-refractivity contribution in [3.8, 4) is 11.4 Å². The van der Waals surface area contributed by atoms with Gasteiger partial charge in [-0.2, -0.15) is 0 Å². The third kappa shape index (κ3) is 2.82. The smallest absolute Gasteiger partial charge is 0.255 e. The van der Waals surface area contributed by atoms with Crippen molar-refractivity contribution in [3.05, 3.63) is 58.5 Å². The second-order valence-corrected chi connectivity index (χ2v) is 3.92. The van der Waals surface area contributed by atoms with Crippen LogP contribution in [-0.2, 0) is 0 Å². The summed E-state index contributed by atoms with van der Waals surface area (Å²) in [5.41, 5.74) is 5.91. The summed E-state index contributed by atoms with van der Waals surface area (Å²) in [6.45, 7) is 2.48. The number of carbonyl (C=O) groups is 1. The minimum Gasteiger partial charge on any atom is -0.494 e. The molecule has 1 aromatic heterocycles. The molecule has 0 radical (unpaired) electrons. The maximum atomic E-state index is 11.8. The zero-order chi connectivity index (χ0) is 13.8. The van der Waals surface area contributed by atoms with Crippen LogP contribution in [0.3, 0.4) is 0 Å². The van der Waals surface area contributed by atoms with Crippen LogP contribution in [-0.4, -0.2) is 17.1 Å². The van der Waals surface area contributed by atoms with Crippen LogP contribution < -0.4 is 16.0 Å². The van der Waals surface area contributed by atoms with E-state index in [4.69, 9.17) is 10.5 Å². The molecule has 2 N–H and O–H groups in total. The summed E-state index contributed by atoms with van der Waals surface area (Å²) in [7, 11) is 0. The largest absolute Gasteiger partial charge is 0.494 e. The van der Waals surface area contributed by atoms with Gasteiger partial charge in [0.25, 0.3) is 5.56 Å². The molecule has 0 aliphatic rings. The monoisotopic (exact) mass is 258 g/mol. The van der Waals surface area contributed by atoms with Crippen LogP contribution in [0, 0.1) is 0 Å². The third-order valence-corrected chi connectivity index (χ3v) is 2.62. The second kappa shape index (κ2) is 5.39. The van der Waals surface area contributed by atoms with E-state index >= 15 is 0 Å². The number of hydrogen-bond acceptors (Lipinski definition) is 3. The van der Waals surface area contributed by atoms with E-state index in [0.29, 0.717) is 12.3 Å². The average molecular weight is 258 g/mol. The lowest BCUT2D eigenvalue weighted by Gasteiger charge is -2.08. The SMILES string of the molecule is CCOc1ccc(-n2cc(C(N)=O)ccc2=O)cc1. The Morgan fingerprint density at radius 2 is 1.89 bits per heavy atom. The summed E-state index contributed by atoms with van der Waals surface area (Å²) in [6, 6.07) is 9.75. The molecule has 2 aromatic rings. The summed E-state index contributed by atoms with van der Waals surface area (Å²) in [4.78, 5) is 22.9. The maximum Gasteiger partial charge on any atom is 0.255 e. The van der Waals surface area contributed by atoms with Crippen LogP contribution in [0.15, 0.2) is 47.4 Å². The zero-order valence-electron chi connectivity index (χ0n) is 10.5. The molecule has 19 heavy (non-hydrogen) atoms. The van der Waals surface area contributed by atoms with Gasteiger partial charge in [-0.25, -0.2) is 0 Å². The number of benzene rings is 1. The minimum absolute atomic E-state index is 0.228. The van der Waals surface area contributed by atoms with E-state index in [-0.39, 0.29) is 11.1 Å². The number of aromatic nitrogens is 1. The van der Waals surface area contributed by atoms with Gasteiger partial charge in [0.05, 0.1) is 12.2 Å². The van der Waals surface area contributed by atoms with Gasteiger partial charge in [-0.1, -0.05) is 0 Å². The Kier molecular flexibility index (Phi) is 3.66. The molecule has 0 aliphatic heterocycles. The first kappa shape index (κ1) is 12.9. The predicted molar refractivity (Wildman–Crippen MR) is 71.7 cm³/mol. The normalized spacial score (nSPS) is 10.2. The number of primary amides is 1. The molecule has 0 bridgehead atoms. The minimum atomic E-state index is -0.570. The Hall–Kier alpha value is -2.56. The number of nitrogens with zero attached hydrogens (tertiary/aromatic N) is 1. The molecule has 0 aliphatic carbocycles. The van der Waals surface area contributed by atoms with Crippen LogP contribution in [0.1, 0.15) is 17.3 Å². The first-order chi connectivity index (χ1) is 9.11. The standard InChI is InChI=1S/C14H14N2O3/c1-2-19-12-6-4-11(5-7-12)16-9-10(14(15)18)3-8-13(16)17/h3-9H,2H2,1H3,(H2,15,18). The number of carbonyl (C=O) groups excluding carboxylic acids is 1. The van der Waals surface area contributed by atoms with Crippen LogP contribution in [0.2, 0.25) is 0 Å². The molecule has 5 nitrogen and oxygen atoms in total. The van der Waals surface area contributed by atoms with Gasteiger partial charge >= 0.3 is 0 Å². The lowest BCUT2D eigenvalue weighted by molar-refractivity contribution is 0.0999. The quantitative estimate of drug-likeness (QED) is 0.899. The average Bonchev–Trinajstić information content (AvgIpc) is 2.40. The van der Waals surface area contributed by atoms with E-state index in [2.05, 4.69) is 0 Å². The Bertz CT molecular complexity index is 644. The Morgan fingerprint density at radius 3 is 2.47 bits per heavy atom.